The molecule has 2 aromatic heterocycles. The van der Waals surface area contributed by atoms with Crippen LogP contribution < -0.4 is 0 Å². The molecule has 152 valence electrons. The second-order valence-electron chi connectivity index (χ2n) is 7.99. The van der Waals surface area contributed by atoms with Crippen molar-refractivity contribution in [3.05, 3.63) is 53.7 Å². The number of thiazole rings is 1. The van der Waals surface area contributed by atoms with Crippen molar-refractivity contribution < 1.29 is 4.39 Å². The number of aryl methyl sites for hydroxylation is 1. The topological polar surface area (TPSA) is 30.7 Å². The van der Waals surface area contributed by atoms with Gasteiger partial charge in [0.25, 0.3) is 0 Å². The molecule has 1 atom stereocenters. The molecule has 0 amide bonds. The summed E-state index contributed by atoms with van der Waals surface area (Å²) in [4.78, 5) is 5.00. The van der Waals surface area contributed by atoms with Gasteiger partial charge >= 0.3 is 0 Å². The van der Waals surface area contributed by atoms with Crippen molar-refractivity contribution in [2.45, 2.75) is 56.4 Å². The summed E-state index contributed by atoms with van der Waals surface area (Å²) in [7, 11) is 0. The van der Waals surface area contributed by atoms with E-state index in [0.717, 1.165) is 46.4 Å². The normalized spacial score (nSPS) is 17.0. The molecule has 3 nitrogen and oxygen atoms in total. The van der Waals surface area contributed by atoms with Crippen molar-refractivity contribution in [2.75, 3.05) is 0 Å². The van der Waals surface area contributed by atoms with E-state index in [1.54, 1.807) is 23.5 Å². The molecule has 4 rings (SSSR count). The zero-order valence-electron chi connectivity index (χ0n) is 17.3. The van der Waals surface area contributed by atoms with E-state index in [0.29, 0.717) is 5.25 Å². The van der Waals surface area contributed by atoms with Gasteiger partial charge in [-0.1, -0.05) is 50.3 Å². The summed E-state index contributed by atoms with van der Waals surface area (Å²) in [6, 6.07) is 6.66. The predicted molar refractivity (Wildman–Crippen MR) is 121 cm³/mol. The van der Waals surface area contributed by atoms with Gasteiger partial charge < -0.3 is 0 Å². The lowest BCUT2D eigenvalue weighted by molar-refractivity contribution is 0.533. The zero-order valence-corrected chi connectivity index (χ0v) is 18.9. The van der Waals surface area contributed by atoms with Gasteiger partial charge in [-0.15, -0.1) is 11.8 Å². The molecular formula is C23H26FN3S2. The van der Waals surface area contributed by atoms with Crippen LogP contribution in [0.5, 0.6) is 0 Å². The molecule has 0 fully saturated rings. The van der Waals surface area contributed by atoms with Crippen LogP contribution in [0.1, 0.15) is 51.4 Å². The van der Waals surface area contributed by atoms with Gasteiger partial charge in [-0.05, 0) is 55.4 Å². The molecule has 0 saturated heterocycles. The number of halogens is 1. The summed E-state index contributed by atoms with van der Waals surface area (Å²) in [5.74, 6) is 0.515. The molecule has 1 aromatic carbocycles. The molecule has 1 aliphatic carbocycles. The van der Waals surface area contributed by atoms with E-state index in [1.807, 2.05) is 35.6 Å². The standard InChI is InChI=1S/C23H26FN3S2/c1-14(2)28-22-21(17-10-8-15(3)9-11-17)25-23(29-22)27-13-20(16(4)26-27)18-6-5-7-19(24)12-18/h5-7,10,12-15H,8-9,11H2,1-4H3. The molecular weight excluding hydrogens is 401 g/mol. The van der Waals surface area contributed by atoms with Crippen molar-refractivity contribution in [3.8, 4) is 16.3 Å². The maximum atomic E-state index is 13.7. The maximum Gasteiger partial charge on any atom is 0.211 e. The molecule has 0 saturated carbocycles. The van der Waals surface area contributed by atoms with Gasteiger partial charge in [0, 0.05) is 17.0 Å². The first-order valence-electron chi connectivity index (χ1n) is 10.1. The smallest absolute Gasteiger partial charge is 0.211 e. The van der Waals surface area contributed by atoms with E-state index in [9.17, 15) is 4.39 Å². The Labute approximate surface area is 180 Å². The Morgan fingerprint density at radius 1 is 1.31 bits per heavy atom. The van der Waals surface area contributed by atoms with Crippen LogP contribution in [0.4, 0.5) is 4.39 Å². The van der Waals surface area contributed by atoms with Crippen LogP contribution in [0, 0.1) is 18.7 Å². The number of aromatic nitrogens is 3. The Bertz CT molecular complexity index is 1050. The highest BCUT2D eigenvalue weighted by Crippen LogP contribution is 2.41. The number of allylic oxidation sites excluding steroid dienone is 2. The van der Waals surface area contributed by atoms with E-state index in [2.05, 4.69) is 26.8 Å². The molecule has 29 heavy (non-hydrogen) atoms. The summed E-state index contributed by atoms with van der Waals surface area (Å²) < 4.78 is 16.8. The van der Waals surface area contributed by atoms with Crippen molar-refractivity contribution in [1.82, 2.24) is 14.8 Å². The lowest BCUT2D eigenvalue weighted by Crippen LogP contribution is -2.02. The van der Waals surface area contributed by atoms with Gasteiger partial charge in [0.05, 0.1) is 15.6 Å². The highest BCUT2D eigenvalue weighted by atomic mass is 32.2. The third-order valence-corrected chi connectivity index (χ3v) is 7.39. The highest BCUT2D eigenvalue weighted by molar-refractivity contribution is 8.01. The third kappa shape index (κ3) is 4.48. The number of hydrogen-bond acceptors (Lipinski definition) is 4. The van der Waals surface area contributed by atoms with Gasteiger partial charge in [0.1, 0.15) is 5.82 Å². The zero-order chi connectivity index (χ0) is 20.5. The minimum Gasteiger partial charge on any atom is -0.217 e. The summed E-state index contributed by atoms with van der Waals surface area (Å²) in [6.45, 7) is 8.70. The maximum absolute atomic E-state index is 13.7. The van der Waals surface area contributed by atoms with Gasteiger partial charge in [-0.2, -0.15) is 5.10 Å². The quantitative estimate of drug-likeness (QED) is 0.405. The largest absolute Gasteiger partial charge is 0.217 e. The number of hydrogen-bond donors (Lipinski definition) is 0. The van der Waals surface area contributed by atoms with Gasteiger partial charge in [-0.3, -0.25) is 0 Å². The number of nitrogens with zero attached hydrogens (tertiary/aromatic N) is 3. The fourth-order valence-corrected chi connectivity index (χ4v) is 6.04. The van der Waals surface area contributed by atoms with Crippen molar-refractivity contribution in [2.24, 2.45) is 5.92 Å². The van der Waals surface area contributed by atoms with Crippen LogP contribution in [0.3, 0.4) is 0 Å². The molecule has 1 aliphatic rings. The van der Waals surface area contributed by atoms with E-state index in [1.165, 1.54) is 22.3 Å². The second kappa shape index (κ2) is 8.44. The number of thioether (sulfide) groups is 1. The minimum absolute atomic E-state index is 0.236. The number of benzene rings is 1. The first kappa shape index (κ1) is 20.4. The van der Waals surface area contributed by atoms with Crippen LogP contribution in [0.15, 0.2) is 40.7 Å². The molecule has 0 radical (unpaired) electrons. The summed E-state index contributed by atoms with van der Waals surface area (Å²) >= 11 is 3.56. The predicted octanol–water partition coefficient (Wildman–Crippen LogP) is 7.15. The van der Waals surface area contributed by atoms with Crippen LogP contribution in [-0.4, -0.2) is 20.0 Å². The average molecular weight is 428 g/mol. The first-order chi connectivity index (χ1) is 13.9. The Kier molecular flexibility index (Phi) is 5.93. The summed E-state index contributed by atoms with van der Waals surface area (Å²) in [5.41, 5.74) is 5.13. The van der Waals surface area contributed by atoms with Gasteiger partial charge in [0.15, 0.2) is 0 Å². The van der Waals surface area contributed by atoms with E-state index in [-0.39, 0.29) is 5.82 Å². The van der Waals surface area contributed by atoms with E-state index >= 15 is 0 Å². The molecule has 0 aliphatic heterocycles. The Balaban J connectivity index is 1.73. The lowest BCUT2D eigenvalue weighted by atomic mass is 9.90. The van der Waals surface area contributed by atoms with Gasteiger partial charge in [0.2, 0.25) is 5.13 Å². The Morgan fingerprint density at radius 3 is 2.83 bits per heavy atom. The van der Waals surface area contributed by atoms with Crippen molar-refractivity contribution >= 4 is 28.7 Å². The molecule has 0 spiro atoms. The molecule has 2 heterocycles. The van der Waals surface area contributed by atoms with E-state index < -0.39 is 0 Å². The monoisotopic (exact) mass is 427 g/mol. The molecule has 3 aromatic rings. The molecule has 0 bridgehead atoms. The van der Waals surface area contributed by atoms with Crippen LogP contribution in [0.2, 0.25) is 0 Å². The number of rotatable bonds is 5. The third-order valence-electron chi connectivity index (χ3n) is 5.14. The van der Waals surface area contributed by atoms with Crippen LogP contribution in [0.25, 0.3) is 21.8 Å². The second-order valence-corrected chi connectivity index (χ2v) is 10.8. The molecule has 1 unspecified atom stereocenters. The van der Waals surface area contributed by atoms with Crippen molar-refractivity contribution in [1.29, 1.82) is 0 Å². The fraction of sp³-hybridized carbons (Fsp3) is 0.391. The Morgan fingerprint density at radius 2 is 2.14 bits per heavy atom. The highest BCUT2D eigenvalue weighted by Gasteiger charge is 2.21. The van der Waals surface area contributed by atoms with Gasteiger partial charge in [-0.25, -0.2) is 14.1 Å². The lowest BCUT2D eigenvalue weighted by Gasteiger charge is -2.17. The molecule has 0 N–H and O–H groups in total. The minimum atomic E-state index is -0.236. The summed E-state index contributed by atoms with van der Waals surface area (Å²) in [5, 5.41) is 6.05. The van der Waals surface area contributed by atoms with Crippen LogP contribution >= 0.6 is 23.1 Å². The average Bonchev–Trinajstić information content (AvgIpc) is 3.26. The van der Waals surface area contributed by atoms with E-state index in [4.69, 9.17) is 10.1 Å². The molecule has 6 heteroatoms. The van der Waals surface area contributed by atoms with Crippen LogP contribution in [-0.2, 0) is 0 Å². The fourth-order valence-electron chi connectivity index (χ4n) is 3.57. The Hall–Kier alpha value is -1.92. The SMILES string of the molecule is Cc1nn(-c2nc(C3=CCC(C)CC3)c(SC(C)C)s2)cc1-c1cccc(F)c1. The summed E-state index contributed by atoms with van der Waals surface area (Å²) in [6.07, 6.45) is 7.76. The van der Waals surface area contributed by atoms with Crippen molar-refractivity contribution in [3.63, 3.8) is 0 Å². The first-order valence-corrected chi connectivity index (χ1v) is 11.8.